The highest BCUT2D eigenvalue weighted by molar-refractivity contribution is 5.39. The Morgan fingerprint density at radius 3 is 2.25 bits per heavy atom. The lowest BCUT2D eigenvalue weighted by molar-refractivity contribution is 0.334. The summed E-state index contributed by atoms with van der Waals surface area (Å²) in [5.74, 6) is 2.37. The lowest BCUT2D eigenvalue weighted by Gasteiger charge is -2.22. The summed E-state index contributed by atoms with van der Waals surface area (Å²) >= 11 is 0. The lowest BCUT2D eigenvalue weighted by Crippen LogP contribution is -2.30. The van der Waals surface area contributed by atoms with E-state index < -0.39 is 0 Å². The highest BCUT2D eigenvalue weighted by atomic mass is 16.5. The highest BCUT2D eigenvalue weighted by Gasteiger charge is 2.16. The van der Waals surface area contributed by atoms with Gasteiger partial charge >= 0.3 is 0 Å². The van der Waals surface area contributed by atoms with Gasteiger partial charge in [-0.15, -0.1) is 0 Å². The molecule has 1 atom stereocenters. The summed E-state index contributed by atoms with van der Waals surface area (Å²) in [7, 11) is 0. The van der Waals surface area contributed by atoms with Crippen LogP contribution in [0, 0.1) is 11.8 Å². The van der Waals surface area contributed by atoms with Gasteiger partial charge in [-0.3, -0.25) is 0 Å². The van der Waals surface area contributed by atoms with Crippen LogP contribution in [-0.2, 0) is 6.42 Å². The van der Waals surface area contributed by atoms with Crippen LogP contribution in [0.25, 0.3) is 0 Å². The van der Waals surface area contributed by atoms with Gasteiger partial charge in [-0.2, -0.15) is 0 Å². The molecule has 0 aliphatic rings. The summed E-state index contributed by atoms with van der Waals surface area (Å²) < 4.78 is 5.71. The van der Waals surface area contributed by atoms with Crippen molar-refractivity contribution in [3.05, 3.63) is 29.3 Å². The van der Waals surface area contributed by atoms with Crippen LogP contribution in [0.1, 0.15) is 44.7 Å². The second kappa shape index (κ2) is 8.28. The number of hydrogen-bond acceptors (Lipinski definition) is 3. The standard InChI is InChI=1S/C17H30N2O/c1-5-20-17-7-6-14(9-16(17)12(2)3)8-13(4)15(10-18)11-19/h6-7,9,12-13,15H,5,8,10-11,18-19H2,1-4H3. The van der Waals surface area contributed by atoms with Crippen molar-refractivity contribution < 1.29 is 4.74 Å². The number of rotatable bonds is 8. The second-order valence-electron chi connectivity index (χ2n) is 5.87. The average molecular weight is 278 g/mol. The van der Waals surface area contributed by atoms with E-state index in [9.17, 15) is 0 Å². The Labute approximate surface area is 123 Å². The molecule has 3 nitrogen and oxygen atoms in total. The van der Waals surface area contributed by atoms with Crippen molar-refractivity contribution in [3.63, 3.8) is 0 Å². The number of nitrogens with two attached hydrogens (primary N) is 2. The minimum Gasteiger partial charge on any atom is -0.494 e. The molecule has 0 saturated carbocycles. The highest BCUT2D eigenvalue weighted by Crippen LogP contribution is 2.29. The molecule has 0 saturated heterocycles. The Hall–Kier alpha value is -1.06. The van der Waals surface area contributed by atoms with Crippen molar-refractivity contribution in [1.29, 1.82) is 0 Å². The molecule has 114 valence electrons. The fourth-order valence-electron chi connectivity index (χ4n) is 2.56. The number of hydrogen-bond donors (Lipinski definition) is 2. The molecule has 1 aromatic carbocycles. The third-order valence-corrected chi connectivity index (χ3v) is 3.96. The maximum atomic E-state index is 5.78. The first-order valence-corrected chi connectivity index (χ1v) is 7.69. The Morgan fingerprint density at radius 1 is 1.10 bits per heavy atom. The van der Waals surface area contributed by atoms with Gasteiger partial charge < -0.3 is 16.2 Å². The fraction of sp³-hybridized carbons (Fsp3) is 0.647. The predicted octanol–water partition coefficient (Wildman–Crippen LogP) is 2.92. The van der Waals surface area contributed by atoms with Gasteiger partial charge in [0.1, 0.15) is 5.75 Å². The van der Waals surface area contributed by atoms with Gasteiger partial charge in [0.15, 0.2) is 0 Å². The van der Waals surface area contributed by atoms with Crippen LogP contribution in [0.3, 0.4) is 0 Å². The molecule has 0 heterocycles. The van der Waals surface area contributed by atoms with Crippen molar-refractivity contribution in [2.75, 3.05) is 19.7 Å². The normalized spacial score (nSPS) is 13.0. The van der Waals surface area contributed by atoms with Crippen LogP contribution >= 0.6 is 0 Å². The zero-order valence-electron chi connectivity index (χ0n) is 13.4. The van der Waals surface area contributed by atoms with E-state index in [2.05, 4.69) is 39.0 Å². The third kappa shape index (κ3) is 4.50. The summed E-state index contributed by atoms with van der Waals surface area (Å²) in [4.78, 5) is 0. The minimum atomic E-state index is 0.393. The third-order valence-electron chi connectivity index (χ3n) is 3.96. The van der Waals surface area contributed by atoms with E-state index in [1.165, 1.54) is 11.1 Å². The maximum Gasteiger partial charge on any atom is 0.122 e. The zero-order valence-corrected chi connectivity index (χ0v) is 13.4. The van der Waals surface area contributed by atoms with E-state index in [0.717, 1.165) is 12.2 Å². The van der Waals surface area contributed by atoms with Crippen LogP contribution in [0.4, 0.5) is 0 Å². The summed E-state index contributed by atoms with van der Waals surface area (Å²) in [6.07, 6.45) is 1.02. The molecule has 3 heteroatoms. The molecule has 4 N–H and O–H groups in total. The summed E-state index contributed by atoms with van der Waals surface area (Å²) in [6.45, 7) is 10.7. The molecule has 20 heavy (non-hydrogen) atoms. The lowest BCUT2D eigenvalue weighted by atomic mass is 9.87. The van der Waals surface area contributed by atoms with Crippen molar-refractivity contribution in [3.8, 4) is 5.75 Å². The van der Waals surface area contributed by atoms with Gasteiger partial charge in [-0.25, -0.2) is 0 Å². The zero-order chi connectivity index (χ0) is 15.1. The van der Waals surface area contributed by atoms with Gasteiger partial charge in [-0.05, 0) is 61.4 Å². The molecule has 1 aromatic rings. The van der Waals surface area contributed by atoms with Crippen molar-refractivity contribution in [2.24, 2.45) is 23.3 Å². The SMILES string of the molecule is CCOc1ccc(CC(C)C(CN)CN)cc1C(C)C. The Balaban J connectivity index is 2.89. The van der Waals surface area contributed by atoms with Gasteiger partial charge in [0, 0.05) is 0 Å². The molecule has 0 radical (unpaired) electrons. The first-order chi connectivity index (χ1) is 9.53. The molecule has 0 fully saturated rings. The Morgan fingerprint density at radius 2 is 1.75 bits per heavy atom. The van der Waals surface area contributed by atoms with E-state index in [4.69, 9.17) is 16.2 Å². The van der Waals surface area contributed by atoms with E-state index in [0.29, 0.717) is 37.5 Å². The molecular formula is C17H30N2O. The smallest absolute Gasteiger partial charge is 0.122 e. The molecule has 1 unspecified atom stereocenters. The van der Waals surface area contributed by atoms with Gasteiger partial charge in [0.25, 0.3) is 0 Å². The minimum absolute atomic E-state index is 0.393. The van der Waals surface area contributed by atoms with E-state index in [-0.39, 0.29) is 0 Å². The van der Waals surface area contributed by atoms with E-state index >= 15 is 0 Å². The van der Waals surface area contributed by atoms with Crippen molar-refractivity contribution >= 4 is 0 Å². The molecule has 0 aliphatic carbocycles. The Kier molecular flexibility index (Phi) is 7.03. The molecule has 0 aliphatic heterocycles. The predicted molar refractivity (Wildman–Crippen MR) is 86.2 cm³/mol. The quantitative estimate of drug-likeness (QED) is 0.768. The molecule has 0 amide bonds. The van der Waals surface area contributed by atoms with Gasteiger partial charge in [-0.1, -0.05) is 32.9 Å². The van der Waals surface area contributed by atoms with Crippen LogP contribution in [-0.4, -0.2) is 19.7 Å². The molecular weight excluding hydrogens is 248 g/mol. The van der Waals surface area contributed by atoms with Crippen LogP contribution in [0.15, 0.2) is 18.2 Å². The number of benzene rings is 1. The van der Waals surface area contributed by atoms with Crippen LogP contribution < -0.4 is 16.2 Å². The van der Waals surface area contributed by atoms with E-state index in [1.54, 1.807) is 0 Å². The summed E-state index contributed by atoms with van der Waals surface area (Å²) in [6, 6.07) is 6.54. The van der Waals surface area contributed by atoms with Crippen molar-refractivity contribution in [2.45, 2.75) is 40.0 Å². The second-order valence-corrected chi connectivity index (χ2v) is 5.87. The van der Waals surface area contributed by atoms with E-state index in [1.807, 2.05) is 6.92 Å². The van der Waals surface area contributed by atoms with Crippen LogP contribution in [0.5, 0.6) is 5.75 Å². The molecule has 0 spiro atoms. The van der Waals surface area contributed by atoms with Crippen LogP contribution in [0.2, 0.25) is 0 Å². The van der Waals surface area contributed by atoms with Crippen molar-refractivity contribution in [1.82, 2.24) is 0 Å². The molecule has 0 aromatic heterocycles. The summed E-state index contributed by atoms with van der Waals surface area (Å²) in [5.41, 5.74) is 14.2. The largest absolute Gasteiger partial charge is 0.494 e. The fourth-order valence-corrected chi connectivity index (χ4v) is 2.56. The van der Waals surface area contributed by atoms with Gasteiger partial charge in [0.05, 0.1) is 6.61 Å². The molecule has 0 bridgehead atoms. The van der Waals surface area contributed by atoms with Gasteiger partial charge in [0.2, 0.25) is 0 Å². The molecule has 1 rings (SSSR count). The Bertz CT molecular complexity index is 400. The topological polar surface area (TPSA) is 61.3 Å². The maximum absolute atomic E-state index is 5.78. The monoisotopic (exact) mass is 278 g/mol. The summed E-state index contributed by atoms with van der Waals surface area (Å²) in [5, 5.41) is 0. The number of ether oxygens (including phenoxy) is 1. The first-order valence-electron chi connectivity index (χ1n) is 7.69. The average Bonchev–Trinajstić information content (AvgIpc) is 2.42. The first kappa shape index (κ1) is 17.0.